The van der Waals surface area contributed by atoms with Crippen molar-refractivity contribution in [3.05, 3.63) is 83.9 Å². The fraction of sp³-hybridized carbons (Fsp3) is 0.174. The second-order valence-corrected chi connectivity index (χ2v) is 9.40. The van der Waals surface area contributed by atoms with Crippen LogP contribution in [0.1, 0.15) is 28.2 Å². The molecule has 0 aliphatic heterocycles. The fourth-order valence-corrected chi connectivity index (χ4v) is 3.91. The third kappa shape index (κ3) is 5.65. The lowest BCUT2D eigenvalue weighted by molar-refractivity contribution is -0.117. The van der Waals surface area contributed by atoms with Crippen LogP contribution in [0.25, 0.3) is 0 Å². The van der Waals surface area contributed by atoms with Crippen molar-refractivity contribution in [3.8, 4) is 6.07 Å². The first-order valence-corrected chi connectivity index (χ1v) is 11.3. The number of benzene rings is 2. The maximum absolute atomic E-state index is 13.2. The molecule has 1 amide bonds. The number of anilines is 1. The Hall–Kier alpha value is -3.94. The quantitative estimate of drug-likeness (QED) is 0.371. The number of amides is 1. The van der Waals surface area contributed by atoms with Gasteiger partial charge in [0.1, 0.15) is 0 Å². The Morgan fingerprint density at radius 1 is 1.00 bits per heavy atom. The molecule has 9 nitrogen and oxygen atoms in total. The highest BCUT2D eigenvalue weighted by Crippen LogP contribution is 2.24. The van der Waals surface area contributed by atoms with Crippen molar-refractivity contribution in [1.82, 2.24) is 14.3 Å². The largest absolute Gasteiger partial charge is 0.308 e. The molecular weight excluding hydrogens is 442 g/mol. The molecule has 1 aromatic heterocycles. The van der Waals surface area contributed by atoms with Crippen molar-refractivity contribution < 1.29 is 18.0 Å². The van der Waals surface area contributed by atoms with Gasteiger partial charge in [0.25, 0.3) is 0 Å². The monoisotopic (exact) mass is 463 g/mol. The molecule has 3 rings (SSSR count). The van der Waals surface area contributed by atoms with Gasteiger partial charge in [-0.1, -0.05) is 18.2 Å². The van der Waals surface area contributed by atoms with Crippen molar-refractivity contribution in [2.75, 3.05) is 19.0 Å². The third-order valence-corrected chi connectivity index (χ3v) is 6.57. The molecule has 10 heteroatoms. The zero-order valence-electron chi connectivity index (χ0n) is 18.0. The summed E-state index contributed by atoms with van der Waals surface area (Å²) in [5, 5.41) is 9.01. The van der Waals surface area contributed by atoms with Gasteiger partial charge in [-0.2, -0.15) is 5.26 Å². The van der Waals surface area contributed by atoms with Crippen LogP contribution >= 0.6 is 0 Å². The Morgan fingerprint density at radius 2 is 1.67 bits per heavy atom. The molecule has 0 aliphatic rings. The van der Waals surface area contributed by atoms with Crippen LogP contribution in [0, 0.1) is 11.3 Å². The minimum absolute atomic E-state index is 0.0142. The van der Waals surface area contributed by atoms with E-state index >= 15 is 0 Å². The number of rotatable bonds is 8. The summed E-state index contributed by atoms with van der Waals surface area (Å²) in [7, 11) is -0.900. The average molecular weight is 464 g/mol. The number of Topliss-reactive ketones (excluding diaryl/α,β-unsaturated/α-hetero) is 1. The molecular formula is C23H21N5O4S. The number of carbonyl (C=O) groups is 2. The van der Waals surface area contributed by atoms with Gasteiger partial charge in [-0.25, -0.2) is 22.7 Å². The number of hydrogen-bond donors (Lipinski definition) is 0. The fourth-order valence-electron chi connectivity index (χ4n) is 2.97. The lowest BCUT2D eigenvalue weighted by Gasteiger charge is -2.24. The maximum Gasteiger partial charge on any atom is 0.242 e. The standard InChI is InChI=1S/C23H21N5O4S/c1-27(2)33(31,32)20-6-3-5-19(13-20)28(16-18-9-7-17(15-24)8-10-18)22(30)14-21(29)23-25-11-4-12-26-23/h3-13H,14,16H2,1-2H3. The van der Waals surface area contributed by atoms with E-state index < -0.39 is 28.1 Å². The minimum Gasteiger partial charge on any atom is -0.308 e. The summed E-state index contributed by atoms with van der Waals surface area (Å²) in [5.41, 5.74) is 1.48. The lowest BCUT2D eigenvalue weighted by atomic mass is 10.1. The Balaban J connectivity index is 1.97. The van der Waals surface area contributed by atoms with Crippen molar-refractivity contribution >= 4 is 27.4 Å². The van der Waals surface area contributed by atoms with Gasteiger partial charge in [-0.05, 0) is 42.0 Å². The highest BCUT2D eigenvalue weighted by Gasteiger charge is 2.24. The second-order valence-electron chi connectivity index (χ2n) is 7.25. The molecule has 2 aromatic carbocycles. The predicted molar refractivity (Wildman–Crippen MR) is 121 cm³/mol. The summed E-state index contributed by atoms with van der Waals surface area (Å²) in [6.45, 7) is 0.0684. The Labute approximate surface area is 192 Å². The summed E-state index contributed by atoms with van der Waals surface area (Å²) in [4.78, 5) is 34.8. The van der Waals surface area contributed by atoms with Crippen LogP contribution < -0.4 is 4.90 Å². The van der Waals surface area contributed by atoms with E-state index in [1.165, 1.54) is 49.6 Å². The molecule has 0 fully saturated rings. The van der Waals surface area contributed by atoms with Crippen molar-refractivity contribution in [1.29, 1.82) is 5.26 Å². The molecule has 0 saturated carbocycles. The highest BCUT2D eigenvalue weighted by molar-refractivity contribution is 7.89. The van der Waals surface area contributed by atoms with Crippen LogP contribution in [-0.2, 0) is 21.4 Å². The maximum atomic E-state index is 13.2. The number of carbonyl (C=O) groups excluding carboxylic acids is 2. The molecule has 168 valence electrons. The van der Waals surface area contributed by atoms with E-state index in [0.29, 0.717) is 16.8 Å². The first kappa shape index (κ1) is 23.7. The van der Waals surface area contributed by atoms with E-state index in [1.54, 1.807) is 36.4 Å². The number of nitriles is 1. The number of nitrogens with zero attached hydrogens (tertiary/aromatic N) is 5. The van der Waals surface area contributed by atoms with E-state index in [2.05, 4.69) is 9.97 Å². The Morgan fingerprint density at radius 3 is 2.27 bits per heavy atom. The van der Waals surface area contributed by atoms with Crippen LogP contribution in [0.5, 0.6) is 0 Å². The van der Waals surface area contributed by atoms with Crippen LogP contribution in [0.15, 0.2) is 71.9 Å². The van der Waals surface area contributed by atoms with E-state index in [4.69, 9.17) is 5.26 Å². The van der Waals surface area contributed by atoms with E-state index in [9.17, 15) is 18.0 Å². The van der Waals surface area contributed by atoms with E-state index in [1.807, 2.05) is 6.07 Å². The van der Waals surface area contributed by atoms with E-state index in [-0.39, 0.29) is 17.3 Å². The molecule has 0 unspecified atom stereocenters. The molecule has 0 saturated heterocycles. The molecule has 0 aliphatic carbocycles. The number of ketones is 1. The Bertz CT molecular complexity index is 1300. The highest BCUT2D eigenvalue weighted by atomic mass is 32.2. The number of hydrogen-bond acceptors (Lipinski definition) is 7. The van der Waals surface area contributed by atoms with Crippen molar-refractivity contribution in [2.24, 2.45) is 0 Å². The van der Waals surface area contributed by atoms with Gasteiger partial charge in [0.2, 0.25) is 21.7 Å². The van der Waals surface area contributed by atoms with Gasteiger partial charge in [0.05, 0.1) is 29.5 Å². The van der Waals surface area contributed by atoms with Crippen LogP contribution in [-0.4, -0.2) is 48.5 Å². The first-order chi connectivity index (χ1) is 15.7. The van der Waals surface area contributed by atoms with Gasteiger partial charge < -0.3 is 4.90 Å². The molecule has 0 atom stereocenters. The van der Waals surface area contributed by atoms with Gasteiger partial charge in [0.15, 0.2) is 5.82 Å². The first-order valence-electron chi connectivity index (χ1n) is 9.84. The molecule has 33 heavy (non-hydrogen) atoms. The molecule has 3 aromatic rings. The van der Waals surface area contributed by atoms with Crippen LogP contribution in [0.3, 0.4) is 0 Å². The SMILES string of the molecule is CN(C)S(=O)(=O)c1cccc(N(Cc2ccc(C#N)cc2)C(=O)CC(=O)c2ncccn2)c1. The molecule has 0 spiro atoms. The van der Waals surface area contributed by atoms with Gasteiger partial charge in [0, 0.05) is 32.2 Å². The second kappa shape index (κ2) is 10.1. The van der Waals surface area contributed by atoms with Gasteiger partial charge >= 0.3 is 0 Å². The van der Waals surface area contributed by atoms with Gasteiger partial charge in [-0.3, -0.25) is 9.59 Å². The number of sulfonamides is 1. The smallest absolute Gasteiger partial charge is 0.242 e. The average Bonchev–Trinajstić information content (AvgIpc) is 2.83. The van der Waals surface area contributed by atoms with Crippen LogP contribution in [0.2, 0.25) is 0 Å². The zero-order valence-corrected chi connectivity index (χ0v) is 18.9. The van der Waals surface area contributed by atoms with Crippen molar-refractivity contribution in [2.45, 2.75) is 17.9 Å². The van der Waals surface area contributed by atoms with E-state index in [0.717, 1.165) is 4.31 Å². The number of aromatic nitrogens is 2. The Kier molecular flexibility index (Phi) is 7.27. The summed E-state index contributed by atoms with van der Waals surface area (Å²) in [6.07, 6.45) is 2.33. The third-order valence-electron chi connectivity index (χ3n) is 4.76. The van der Waals surface area contributed by atoms with Gasteiger partial charge in [-0.15, -0.1) is 0 Å². The molecule has 1 heterocycles. The summed E-state index contributed by atoms with van der Waals surface area (Å²) in [5.74, 6) is -1.17. The zero-order chi connectivity index (χ0) is 24.0. The minimum atomic E-state index is -3.73. The normalized spacial score (nSPS) is 11.1. The molecule has 0 bridgehead atoms. The predicted octanol–water partition coefficient (Wildman–Crippen LogP) is 2.40. The lowest BCUT2D eigenvalue weighted by Crippen LogP contribution is -2.32. The summed E-state index contributed by atoms with van der Waals surface area (Å²) < 4.78 is 26.3. The van der Waals surface area contributed by atoms with Crippen LogP contribution in [0.4, 0.5) is 5.69 Å². The summed E-state index contributed by atoms with van der Waals surface area (Å²) >= 11 is 0. The summed E-state index contributed by atoms with van der Waals surface area (Å²) in [6, 6.07) is 16.2. The topological polar surface area (TPSA) is 124 Å². The van der Waals surface area contributed by atoms with Crippen molar-refractivity contribution in [3.63, 3.8) is 0 Å². The molecule has 0 N–H and O–H groups in total. The molecule has 0 radical (unpaired) electrons.